The van der Waals surface area contributed by atoms with Crippen molar-refractivity contribution in [1.82, 2.24) is 5.32 Å². The normalized spacial score (nSPS) is 14.1. The van der Waals surface area contributed by atoms with Crippen LogP contribution < -0.4 is 14.5 Å². The van der Waals surface area contributed by atoms with E-state index in [1.54, 1.807) is 12.1 Å². The van der Waals surface area contributed by atoms with Crippen molar-refractivity contribution in [2.24, 2.45) is 0 Å². The highest BCUT2D eigenvalue weighted by Crippen LogP contribution is 2.20. The van der Waals surface area contributed by atoms with E-state index in [4.69, 9.17) is 0 Å². The molecule has 0 saturated carbocycles. The molecular formula is C21H27N3O3S. The van der Waals surface area contributed by atoms with Crippen LogP contribution in [0, 0.1) is 6.92 Å². The third-order valence-corrected chi connectivity index (χ3v) is 6.05. The summed E-state index contributed by atoms with van der Waals surface area (Å²) < 4.78 is 25.4. The van der Waals surface area contributed by atoms with E-state index >= 15 is 0 Å². The minimum Gasteiger partial charge on any atom is -0.372 e. The Morgan fingerprint density at radius 3 is 2.21 bits per heavy atom. The first-order chi connectivity index (χ1) is 13.3. The molecule has 150 valence electrons. The van der Waals surface area contributed by atoms with Crippen molar-refractivity contribution in [3.8, 4) is 0 Å². The Morgan fingerprint density at radius 2 is 1.64 bits per heavy atom. The molecule has 0 bridgehead atoms. The van der Waals surface area contributed by atoms with Gasteiger partial charge in [0.2, 0.25) is 15.9 Å². The molecule has 1 aliphatic heterocycles. The van der Waals surface area contributed by atoms with Gasteiger partial charge in [-0.05, 0) is 49.6 Å². The summed E-state index contributed by atoms with van der Waals surface area (Å²) in [6, 6.07) is 15.2. The number of nitrogens with one attached hydrogen (secondary N) is 1. The van der Waals surface area contributed by atoms with Gasteiger partial charge >= 0.3 is 0 Å². The van der Waals surface area contributed by atoms with Crippen LogP contribution in [0.25, 0.3) is 0 Å². The van der Waals surface area contributed by atoms with Gasteiger partial charge in [-0.2, -0.15) is 0 Å². The van der Waals surface area contributed by atoms with Crippen molar-refractivity contribution in [2.45, 2.75) is 26.3 Å². The number of hydrogen-bond donors (Lipinski definition) is 1. The zero-order valence-electron chi connectivity index (χ0n) is 16.4. The first-order valence-electron chi connectivity index (χ1n) is 9.48. The molecule has 0 radical (unpaired) electrons. The van der Waals surface area contributed by atoms with E-state index in [-0.39, 0.29) is 12.5 Å². The predicted octanol–water partition coefficient (Wildman–Crippen LogP) is 2.68. The van der Waals surface area contributed by atoms with Gasteiger partial charge in [0.1, 0.15) is 6.54 Å². The molecular weight excluding hydrogens is 374 g/mol. The van der Waals surface area contributed by atoms with Gasteiger partial charge in [0.15, 0.2) is 0 Å². The van der Waals surface area contributed by atoms with E-state index in [1.807, 2.05) is 31.2 Å². The summed E-state index contributed by atoms with van der Waals surface area (Å²) in [6.07, 6.45) is 3.57. The lowest BCUT2D eigenvalue weighted by Crippen LogP contribution is -2.40. The van der Waals surface area contributed by atoms with Gasteiger partial charge in [0, 0.05) is 25.3 Å². The summed E-state index contributed by atoms with van der Waals surface area (Å²) in [5.74, 6) is -0.338. The number of carbonyl (C=O) groups excluding carboxylic acids is 1. The van der Waals surface area contributed by atoms with Crippen molar-refractivity contribution in [1.29, 1.82) is 0 Å². The van der Waals surface area contributed by atoms with Crippen LogP contribution in [0.5, 0.6) is 0 Å². The fourth-order valence-corrected chi connectivity index (χ4v) is 4.15. The molecule has 3 rings (SSSR count). The Labute approximate surface area is 167 Å². The number of anilines is 2. The summed E-state index contributed by atoms with van der Waals surface area (Å²) in [6.45, 7) is 4.24. The van der Waals surface area contributed by atoms with Gasteiger partial charge in [-0.1, -0.05) is 29.8 Å². The maximum atomic E-state index is 12.4. The van der Waals surface area contributed by atoms with Crippen LogP contribution in [0.1, 0.15) is 24.0 Å². The number of carbonyl (C=O) groups is 1. The van der Waals surface area contributed by atoms with Gasteiger partial charge in [-0.25, -0.2) is 8.42 Å². The van der Waals surface area contributed by atoms with E-state index in [1.165, 1.54) is 18.5 Å². The van der Waals surface area contributed by atoms with Crippen LogP contribution in [-0.4, -0.2) is 40.2 Å². The first kappa shape index (κ1) is 20.2. The van der Waals surface area contributed by atoms with Crippen molar-refractivity contribution < 1.29 is 13.2 Å². The minimum absolute atomic E-state index is 0.242. The molecule has 1 amide bonds. The van der Waals surface area contributed by atoms with Crippen LogP contribution in [0.3, 0.4) is 0 Å². The lowest BCUT2D eigenvalue weighted by atomic mass is 10.2. The Balaban J connectivity index is 1.59. The number of sulfonamides is 1. The fourth-order valence-electron chi connectivity index (χ4n) is 3.30. The molecule has 1 saturated heterocycles. The number of nitrogens with zero attached hydrogens (tertiary/aromatic N) is 2. The third kappa shape index (κ3) is 5.25. The Bertz CT molecular complexity index is 903. The number of aryl methyl sites for hydroxylation is 1. The van der Waals surface area contributed by atoms with E-state index in [9.17, 15) is 13.2 Å². The second-order valence-corrected chi connectivity index (χ2v) is 9.15. The zero-order valence-corrected chi connectivity index (χ0v) is 17.2. The maximum absolute atomic E-state index is 12.4. The molecule has 7 heteroatoms. The van der Waals surface area contributed by atoms with Gasteiger partial charge in [-0.3, -0.25) is 9.10 Å². The molecule has 2 aromatic carbocycles. The lowest BCUT2D eigenvalue weighted by Gasteiger charge is -2.22. The Morgan fingerprint density at radius 1 is 1.04 bits per heavy atom. The highest BCUT2D eigenvalue weighted by atomic mass is 32.2. The van der Waals surface area contributed by atoms with Crippen molar-refractivity contribution in [3.05, 3.63) is 59.7 Å². The second-order valence-electron chi connectivity index (χ2n) is 7.24. The SMILES string of the molecule is Cc1ccc(N(CC(=O)NCc2ccc(N3CCCC3)cc2)S(C)(=O)=O)cc1. The predicted molar refractivity (Wildman–Crippen MR) is 113 cm³/mol. The summed E-state index contributed by atoms with van der Waals surface area (Å²) in [4.78, 5) is 14.7. The molecule has 1 N–H and O–H groups in total. The average molecular weight is 402 g/mol. The highest BCUT2D eigenvalue weighted by Gasteiger charge is 2.20. The maximum Gasteiger partial charge on any atom is 0.241 e. The molecule has 0 atom stereocenters. The van der Waals surface area contributed by atoms with E-state index < -0.39 is 10.0 Å². The Kier molecular flexibility index (Phi) is 6.24. The summed E-state index contributed by atoms with van der Waals surface area (Å²) in [5.41, 5.74) is 3.70. The summed E-state index contributed by atoms with van der Waals surface area (Å²) in [5, 5.41) is 2.81. The first-order valence-corrected chi connectivity index (χ1v) is 11.3. The Hall–Kier alpha value is -2.54. The minimum atomic E-state index is -3.56. The van der Waals surface area contributed by atoms with Gasteiger partial charge in [-0.15, -0.1) is 0 Å². The van der Waals surface area contributed by atoms with Crippen molar-refractivity contribution >= 4 is 27.3 Å². The molecule has 28 heavy (non-hydrogen) atoms. The highest BCUT2D eigenvalue weighted by molar-refractivity contribution is 7.92. The summed E-state index contributed by atoms with van der Waals surface area (Å²) >= 11 is 0. The number of rotatable bonds is 7. The van der Waals surface area contributed by atoms with Gasteiger partial charge < -0.3 is 10.2 Å². The van der Waals surface area contributed by atoms with Crippen LogP contribution >= 0.6 is 0 Å². The molecule has 0 aromatic heterocycles. The fraction of sp³-hybridized carbons (Fsp3) is 0.381. The molecule has 0 aliphatic carbocycles. The van der Waals surface area contributed by atoms with Crippen LogP contribution in [0.4, 0.5) is 11.4 Å². The lowest BCUT2D eigenvalue weighted by molar-refractivity contribution is -0.119. The number of amides is 1. The van der Waals surface area contributed by atoms with E-state index in [0.29, 0.717) is 12.2 Å². The molecule has 1 aliphatic rings. The van der Waals surface area contributed by atoms with E-state index in [2.05, 4.69) is 22.3 Å². The van der Waals surface area contributed by atoms with E-state index in [0.717, 1.165) is 34.8 Å². The quantitative estimate of drug-likeness (QED) is 0.774. The average Bonchev–Trinajstić information content (AvgIpc) is 3.20. The number of hydrogen-bond acceptors (Lipinski definition) is 4. The van der Waals surface area contributed by atoms with Gasteiger partial charge in [0.25, 0.3) is 0 Å². The summed E-state index contributed by atoms with van der Waals surface area (Å²) in [7, 11) is -3.56. The van der Waals surface area contributed by atoms with Crippen molar-refractivity contribution in [2.75, 3.05) is 35.1 Å². The zero-order chi connectivity index (χ0) is 20.1. The molecule has 6 nitrogen and oxygen atoms in total. The molecule has 1 fully saturated rings. The van der Waals surface area contributed by atoms with Gasteiger partial charge in [0.05, 0.1) is 11.9 Å². The van der Waals surface area contributed by atoms with Crippen LogP contribution in [-0.2, 0) is 21.4 Å². The standard InChI is InChI=1S/C21H27N3O3S/c1-17-5-9-20(10-6-17)24(28(2,26)27)16-21(25)22-15-18-7-11-19(12-8-18)23-13-3-4-14-23/h5-12H,3-4,13-16H2,1-2H3,(H,22,25). The molecule has 0 spiro atoms. The second kappa shape index (κ2) is 8.65. The molecule has 0 unspecified atom stereocenters. The van der Waals surface area contributed by atoms with Crippen LogP contribution in [0.15, 0.2) is 48.5 Å². The molecule has 1 heterocycles. The monoisotopic (exact) mass is 401 g/mol. The van der Waals surface area contributed by atoms with Crippen LogP contribution in [0.2, 0.25) is 0 Å². The third-order valence-electron chi connectivity index (χ3n) is 4.91. The number of benzene rings is 2. The van der Waals surface area contributed by atoms with Crippen molar-refractivity contribution in [3.63, 3.8) is 0 Å². The largest absolute Gasteiger partial charge is 0.372 e. The smallest absolute Gasteiger partial charge is 0.241 e. The molecule has 2 aromatic rings. The topological polar surface area (TPSA) is 69.7 Å².